The molecular formula is C17H18OS2. The Hall–Kier alpha value is -1.16. The van der Waals surface area contributed by atoms with E-state index in [9.17, 15) is 5.11 Å². The maximum absolute atomic E-state index is 9.47. The lowest BCUT2D eigenvalue weighted by atomic mass is 10.3. The zero-order valence-electron chi connectivity index (χ0n) is 11.4. The van der Waals surface area contributed by atoms with Crippen LogP contribution in [0.4, 0.5) is 0 Å². The largest absolute Gasteiger partial charge is 0.393 e. The van der Waals surface area contributed by atoms with Crippen LogP contribution >= 0.6 is 23.5 Å². The average Bonchev–Trinajstić information content (AvgIpc) is 2.47. The third-order valence-electron chi connectivity index (χ3n) is 2.55. The summed E-state index contributed by atoms with van der Waals surface area (Å²) in [6, 6.07) is 20.6. The zero-order chi connectivity index (χ0) is 14.2. The third kappa shape index (κ3) is 5.45. The van der Waals surface area contributed by atoms with Crippen molar-refractivity contribution in [2.45, 2.75) is 29.2 Å². The number of hydrogen-bond donors (Lipinski definition) is 1. The summed E-state index contributed by atoms with van der Waals surface area (Å²) in [5.41, 5.74) is 0. The summed E-state index contributed by atoms with van der Waals surface area (Å²) < 4.78 is 1.20. The van der Waals surface area contributed by atoms with Gasteiger partial charge in [0.25, 0.3) is 0 Å². The van der Waals surface area contributed by atoms with Crippen molar-refractivity contribution in [3.8, 4) is 0 Å². The summed E-state index contributed by atoms with van der Waals surface area (Å²) in [5, 5.41) is 9.47. The zero-order valence-corrected chi connectivity index (χ0v) is 13.0. The number of hydrogen-bond acceptors (Lipinski definition) is 3. The second-order valence-electron chi connectivity index (χ2n) is 4.44. The van der Waals surface area contributed by atoms with Crippen LogP contribution in [0.25, 0.3) is 0 Å². The van der Waals surface area contributed by atoms with Crippen molar-refractivity contribution in [3.05, 3.63) is 71.0 Å². The lowest BCUT2D eigenvalue weighted by Gasteiger charge is -2.08. The van der Waals surface area contributed by atoms with Gasteiger partial charge in [-0.2, -0.15) is 0 Å². The first-order chi connectivity index (χ1) is 9.74. The molecule has 3 heteroatoms. The summed E-state index contributed by atoms with van der Waals surface area (Å²) in [6.07, 6.45) is 2.48. The minimum Gasteiger partial charge on any atom is -0.393 e. The predicted octanol–water partition coefficient (Wildman–Crippen LogP) is 5.18. The van der Waals surface area contributed by atoms with Gasteiger partial charge in [0.1, 0.15) is 0 Å². The number of rotatable bonds is 6. The van der Waals surface area contributed by atoms with Crippen LogP contribution in [0.15, 0.2) is 80.8 Å². The van der Waals surface area contributed by atoms with E-state index in [1.807, 2.05) is 43.3 Å². The Bertz CT molecular complexity index is 492. The molecule has 2 aromatic rings. The van der Waals surface area contributed by atoms with Crippen LogP contribution in [0, 0.1) is 0 Å². The molecule has 0 fully saturated rings. The van der Waals surface area contributed by atoms with Gasteiger partial charge in [-0.3, -0.25) is 0 Å². The lowest BCUT2D eigenvalue weighted by molar-refractivity contribution is 0.198. The monoisotopic (exact) mass is 302 g/mol. The number of aliphatic hydroxyl groups excluding tert-OH is 1. The van der Waals surface area contributed by atoms with E-state index >= 15 is 0 Å². The van der Waals surface area contributed by atoms with Crippen LogP contribution in [0.5, 0.6) is 0 Å². The predicted molar refractivity (Wildman–Crippen MR) is 89.0 cm³/mol. The highest BCUT2D eigenvalue weighted by Crippen LogP contribution is 2.39. The maximum Gasteiger partial charge on any atom is 0.0547 e. The number of thioether (sulfide) groups is 2. The van der Waals surface area contributed by atoms with Gasteiger partial charge >= 0.3 is 0 Å². The fourth-order valence-electron chi connectivity index (χ4n) is 1.58. The molecule has 0 unspecified atom stereocenters. The Balaban J connectivity index is 2.10. The van der Waals surface area contributed by atoms with Gasteiger partial charge in [-0.1, -0.05) is 66.0 Å². The second kappa shape index (κ2) is 8.20. The van der Waals surface area contributed by atoms with Crippen LogP contribution in [-0.2, 0) is 0 Å². The molecule has 0 saturated heterocycles. The molecule has 1 nitrogen and oxygen atoms in total. The highest BCUT2D eigenvalue weighted by molar-refractivity contribution is 8.22. The Kier molecular flexibility index (Phi) is 6.25. The van der Waals surface area contributed by atoms with Crippen LogP contribution in [-0.4, -0.2) is 11.2 Å². The molecule has 0 spiro atoms. The van der Waals surface area contributed by atoms with E-state index in [-0.39, 0.29) is 6.10 Å². The maximum atomic E-state index is 9.47. The van der Waals surface area contributed by atoms with Crippen molar-refractivity contribution in [2.75, 3.05) is 0 Å². The second-order valence-corrected chi connectivity index (χ2v) is 6.93. The van der Waals surface area contributed by atoms with Gasteiger partial charge in [0, 0.05) is 14.0 Å². The lowest BCUT2D eigenvalue weighted by Crippen LogP contribution is -1.95. The van der Waals surface area contributed by atoms with Crippen molar-refractivity contribution in [1.29, 1.82) is 0 Å². The number of benzene rings is 2. The molecule has 0 aliphatic heterocycles. The molecule has 2 rings (SSSR count). The summed E-state index contributed by atoms with van der Waals surface area (Å²) in [6.45, 7) is 1.81. The smallest absolute Gasteiger partial charge is 0.0547 e. The van der Waals surface area contributed by atoms with Gasteiger partial charge in [0.2, 0.25) is 0 Å². The molecule has 0 amide bonds. The minimum atomic E-state index is -0.308. The molecule has 104 valence electrons. The molecular weight excluding hydrogens is 284 g/mol. The van der Waals surface area contributed by atoms with Crippen molar-refractivity contribution in [3.63, 3.8) is 0 Å². The fraction of sp³-hybridized carbons (Fsp3) is 0.176. The Morgan fingerprint density at radius 1 is 0.950 bits per heavy atom. The molecule has 0 saturated carbocycles. The molecule has 2 aromatic carbocycles. The van der Waals surface area contributed by atoms with Crippen LogP contribution < -0.4 is 0 Å². The van der Waals surface area contributed by atoms with Crippen molar-refractivity contribution < 1.29 is 5.11 Å². The molecule has 0 aromatic heterocycles. The third-order valence-corrected chi connectivity index (χ3v) is 4.80. The van der Waals surface area contributed by atoms with Crippen molar-refractivity contribution in [1.82, 2.24) is 0 Å². The Morgan fingerprint density at radius 2 is 1.40 bits per heavy atom. The highest BCUT2D eigenvalue weighted by Gasteiger charge is 2.04. The van der Waals surface area contributed by atoms with E-state index in [0.717, 1.165) is 0 Å². The molecule has 0 radical (unpaired) electrons. The van der Waals surface area contributed by atoms with E-state index in [1.54, 1.807) is 23.5 Å². The first kappa shape index (κ1) is 15.2. The summed E-state index contributed by atoms with van der Waals surface area (Å²) >= 11 is 3.48. The molecule has 1 N–H and O–H groups in total. The SMILES string of the molecule is C[C@@H](O)CC=C(Sc1ccccc1)Sc1ccccc1. The van der Waals surface area contributed by atoms with E-state index < -0.39 is 0 Å². The Morgan fingerprint density at radius 3 is 1.80 bits per heavy atom. The van der Waals surface area contributed by atoms with Gasteiger partial charge in [-0.05, 0) is 37.6 Å². The molecule has 0 bridgehead atoms. The summed E-state index contributed by atoms with van der Waals surface area (Å²) in [7, 11) is 0. The minimum absolute atomic E-state index is 0.308. The first-order valence-electron chi connectivity index (χ1n) is 6.58. The quantitative estimate of drug-likeness (QED) is 0.742. The van der Waals surface area contributed by atoms with Crippen LogP contribution in [0.3, 0.4) is 0 Å². The van der Waals surface area contributed by atoms with Gasteiger partial charge in [0.05, 0.1) is 6.10 Å². The molecule has 0 aliphatic rings. The van der Waals surface area contributed by atoms with Crippen molar-refractivity contribution in [2.24, 2.45) is 0 Å². The van der Waals surface area contributed by atoms with E-state index in [4.69, 9.17) is 0 Å². The molecule has 1 atom stereocenters. The average molecular weight is 302 g/mol. The van der Waals surface area contributed by atoms with Crippen LogP contribution in [0.1, 0.15) is 13.3 Å². The molecule has 0 aliphatic carbocycles. The van der Waals surface area contributed by atoms with Crippen LogP contribution in [0.2, 0.25) is 0 Å². The van der Waals surface area contributed by atoms with Gasteiger partial charge in [-0.25, -0.2) is 0 Å². The normalized spacial score (nSPS) is 11.9. The summed E-state index contributed by atoms with van der Waals surface area (Å²) in [5.74, 6) is 0. The fourth-order valence-corrected chi connectivity index (χ4v) is 3.73. The van der Waals surface area contributed by atoms with Crippen molar-refractivity contribution >= 4 is 23.5 Å². The van der Waals surface area contributed by atoms with Gasteiger partial charge in [0.15, 0.2) is 0 Å². The first-order valence-corrected chi connectivity index (χ1v) is 8.21. The highest BCUT2D eigenvalue weighted by atomic mass is 32.2. The molecule has 0 heterocycles. The standard InChI is InChI=1S/C17H18OS2/c1-14(18)12-13-17(19-15-8-4-2-5-9-15)20-16-10-6-3-7-11-16/h2-11,13-14,18H,12H2,1H3/t14-/m1/s1. The summed E-state index contributed by atoms with van der Waals surface area (Å²) in [4.78, 5) is 2.43. The molecule has 20 heavy (non-hydrogen) atoms. The topological polar surface area (TPSA) is 20.2 Å². The van der Waals surface area contributed by atoms with E-state index in [0.29, 0.717) is 6.42 Å². The van der Waals surface area contributed by atoms with E-state index in [2.05, 4.69) is 30.3 Å². The van der Waals surface area contributed by atoms with E-state index in [1.165, 1.54) is 14.0 Å². The number of aliphatic hydroxyl groups is 1. The van der Waals surface area contributed by atoms with Gasteiger partial charge in [-0.15, -0.1) is 0 Å². The van der Waals surface area contributed by atoms with Gasteiger partial charge < -0.3 is 5.11 Å². The Labute approximate surface area is 129 Å².